The number of aromatic nitrogens is 3. The van der Waals surface area contributed by atoms with Crippen molar-refractivity contribution in [1.29, 1.82) is 0 Å². The zero-order valence-corrected chi connectivity index (χ0v) is 20.1. The Hall–Kier alpha value is -3.68. The molecule has 0 aliphatic carbocycles. The quantitative estimate of drug-likeness (QED) is 0.438. The molecule has 2 aromatic heterocycles. The molecule has 0 fully saturated rings. The van der Waals surface area contributed by atoms with Crippen LogP contribution in [0.15, 0.2) is 65.7 Å². The van der Waals surface area contributed by atoms with E-state index in [-0.39, 0.29) is 5.56 Å². The zero-order valence-electron chi connectivity index (χ0n) is 20.1. The van der Waals surface area contributed by atoms with E-state index in [2.05, 4.69) is 32.3 Å². The molecule has 1 amide bonds. The van der Waals surface area contributed by atoms with Crippen LogP contribution in [0.5, 0.6) is 0 Å². The highest BCUT2D eigenvalue weighted by Crippen LogP contribution is 2.17. The van der Waals surface area contributed by atoms with Gasteiger partial charge >= 0.3 is 6.09 Å². The van der Waals surface area contributed by atoms with Gasteiger partial charge in [0.1, 0.15) is 5.60 Å². The van der Waals surface area contributed by atoms with Crippen LogP contribution >= 0.6 is 0 Å². The smallest absolute Gasteiger partial charge is 0.407 e. The van der Waals surface area contributed by atoms with Crippen molar-refractivity contribution in [2.45, 2.75) is 45.6 Å². The van der Waals surface area contributed by atoms with Crippen LogP contribution in [-0.4, -0.2) is 46.3 Å². The molecule has 0 spiro atoms. The summed E-state index contributed by atoms with van der Waals surface area (Å²) >= 11 is 0. The van der Waals surface area contributed by atoms with E-state index in [1.807, 2.05) is 51.1 Å². The molecule has 180 valence electrons. The molecular weight excluding hydrogens is 430 g/mol. The van der Waals surface area contributed by atoms with Crippen molar-refractivity contribution in [3.05, 3.63) is 76.8 Å². The minimum Gasteiger partial charge on any atom is -0.444 e. The standard InChI is InChI=1S/C26H33N5O3/c1-26(2,3)34-25(33)28-14-7-8-17-31(18-13-20-9-5-4-6-10-20)24-29-22(19-23(32)30-24)21-11-15-27-16-12-21/h4-6,9-12,15-16,19H,7-8,13-14,17-18H2,1-3H3,(H,28,33)(H,29,30,32). The number of unbranched alkanes of at least 4 members (excludes halogenated alkanes) is 1. The van der Waals surface area contributed by atoms with Gasteiger partial charge in [0.25, 0.3) is 5.56 Å². The number of amides is 1. The van der Waals surface area contributed by atoms with E-state index in [0.29, 0.717) is 31.3 Å². The van der Waals surface area contributed by atoms with Gasteiger partial charge in [-0.2, -0.15) is 0 Å². The molecule has 0 radical (unpaired) electrons. The summed E-state index contributed by atoms with van der Waals surface area (Å²) in [6, 6.07) is 15.4. The number of nitrogens with zero attached hydrogens (tertiary/aromatic N) is 3. The molecule has 0 aliphatic rings. The van der Waals surface area contributed by atoms with Gasteiger partial charge in [-0.1, -0.05) is 30.3 Å². The Morgan fingerprint density at radius 3 is 2.50 bits per heavy atom. The monoisotopic (exact) mass is 463 g/mol. The van der Waals surface area contributed by atoms with E-state index in [1.54, 1.807) is 12.4 Å². The Balaban J connectivity index is 1.67. The summed E-state index contributed by atoms with van der Waals surface area (Å²) < 4.78 is 5.28. The van der Waals surface area contributed by atoms with Gasteiger partial charge in [-0.3, -0.25) is 14.8 Å². The molecule has 3 aromatic rings. The number of H-pyrrole nitrogens is 1. The normalized spacial score (nSPS) is 11.1. The van der Waals surface area contributed by atoms with Gasteiger partial charge in [-0.25, -0.2) is 9.78 Å². The van der Waals surface area contributed by atoms with E-state index in [1.165, 1.54) is 11.6 Å². The van der Waals surface area contributed by atoms with Crippen LogP contribution in [0, 0.1) is 0 Å². The van der Waals surface area contributed by atoms with Crippen molar-refractivity contribution in [3.63, 3.8) is 0 Å². The molecular formula is C26H33N5O3. The minimum absolute atomic E-state index is 0.201. The number of nitrogens with one attached hydrogen (secondary N) is 2. The Kier molecular flexibility index (Phi) is 8.79. The number of rotatable bonds is 10. The zero-order chi connectivity index (χ0) is 24.4. The van der Waals surface area contributed by atoms with Crippen LogP contribution in [0.4, 0.5) is 10.7 Å². The van der Waals surface area contributed by atoms with Crippen LogP contribution < -0.4 is 15.8 Å². The topological polar surface area (TPSA) is 100 Å². The van der Waals surface area contributed by atoms with Gasteiger partial charge in [0.15, 0.2) is 0 Å². The number of anilines is 1. The summed E-state index contributed by atoms with van der Waals surface area (Å²) in [5.74, 6) is 0.537. The van der Waals surface area contributed by atoms with Crippen LogP contribution in [0.25, 0.3) is 11.3 Å². The molecule has 0 bridgehead atoms. The minimum atomic E-state index is -0.518. The van der Waals surface area contributed by atoms with Gasteiger partial charge in [0.2, 0.25) is 5.95 Å². The summed E-state index contributed by atoms with van der Waals surface area (Å²) in [5, 5.41) is 2.79. The lowest BCUT2D eigenvalue weighted by Crippen LogP contribution is -2.34. The SMILES string of the molecule is CC(C)(C)OC(=O)NCCCCN(CCc1ccccc1)c1nc(-c2ccncc2)cc(=O)[nH]1. The fourth-order valence-corrected chi connectivity index (χ4v) is 3.43. The largest absolute Gasteiger partial charge is 0.444 e. The number of carbonyl (C=O) groups is 1. The van der Waals surface area contributed by atoms with Crippen molar-refractivity contribution in [1.82, 2.24) is 20.3 Å². The molecule has 1 aromatic carbocycles. The lowest BCUT2D eigenvalue weighted by Gasteiger charge is -2.24. The van der Waals surface area contributed by atoms with Gasteiger partial charge in [0, 0.05) is 43.7 Å². The number of hydrogen-bond donors (Lipinski definition) is 2. The van der Waals surface area contributed by atoms with Gasteiger partial charge in [-0.15, -0.1) is 0 Å². The molecule has 3 rings (SSSR count). The second kappa shape index (κ2) is 12.0. The lowest BCUT2D eigenvalue weighted by molar-refractivity contribution is 0.0527. The molecule has 8 heteroatoms. The first kappa shape index (κ1) is 25.0. The highest BCUT2D eigenvalue weighted by atomic mass is 16.6. The maximum absolute atomic E-state index is 12.4. The first-order chi connectivity index (χ1) is 16.3. The molecule has 8 nitrogen and oxygen atoms in total. The Morgan fingerprint density at radius 2 is 1.79 bits per heavy atom. The van der Waals surface area contributed by atoms with Crippen molar-refractivity contribution in [2.75, 3.05) is 24.5 Å². The number of alkyl carbamates (subject to hydrolysis) is 1. The average Bonchev–Trinajstić information content (AvgIpc) is 2.80. The first-order valence-electron chi connectivity index (χ1n) is 11.6. The second-order valence-corrected chi connectivity index (χ2v) is 9.05. The molecule has 0 unspecified atom stereocenters. The molecule has 0 saturated heterocycles. The number of aromatic amines is 1. The summed E-state index contributed by atoms with van der Waals surface area (Å²) in [5.41, 5.74) is 1.94. The second-order valence-electron chi connectivity index (χ2n) is 9.05. The summed E-state index contributed by atoms with van der Waals surface area (Å²) in [7, 11) is 0. The summed E-state index contributed by atoms with van der Waals surface area (Å²) in [6.07, 6.45) is 5.36. The van der Waals surface area contributed by atoms with E-state index < -0.39 is 11.7 Å². The highest BCUT2D eigenvalue weighted by molar-refractivity contribution is 5.67. The Labute approximate surface area is 200 Å². The lowest BCUT2D eigenvalue weighted by atomic mass is 10.1. The molecule has 0 atom stereocenters. The fraction of sp³-hybridized carbons (Fsp3) is 0.385. The van der Waals surface area contributed by atoms with E-state index >= 15 is 0 Å². The molecule has 0 saturated carbocycles. The highest BCUT2D eigenvalue weighted by Gasteiger charge is 2.16. The molecule has 2 N–H and O–H groups in total. The average molecular weight is 464 g/mol. The van der Waals surface area contributed by atoms with Crippen LogP contribution in [0.3, 0.4) is 0 Å². The maximum atomic E-state index is 12.4. The Morgan fingerprint density at radius 1 is 1.06 bits per heavy atom. The number of hydrogen-bond acceptors (Lipinski definition) is 6. The predicted octanol–water partition coefficient (Wildman–Crippen LogP) is 4.19. The molecule has 34 heavy (non-hydrogen) atoms. The van der Waals surface area contributed by atoms with Crippen molar-refractivity contribution in [2.24, 2.45) is 0 Å². The molecule has 0 aliphatic heterocycles. The van der Waals surface area contributed by atoms with Crippen LogP contribution in [-0.2, 0) is 11.2 Å². The number of ether oxygens (including phenoxy) is 1. The van der Waals surface area contributed by atoms with E-state index in [0.717, 1.165) is 24.8 Å². The fourth-order valence-electron chi connectivity index (χ4n) is 3.43. The first-order valence-corrected chi connectivity index (χ1v) is 11.6. The third-order valence-corrected chi connectivity index (χ3v) is 5.04. The van der Waals surface area contributed by atoms with E-state index in [4.69, 9.17) is 9.72 Å². The van der Waals surface area contributed by atoms with Crippen molar-refractivity contribution < 1.29 is 9.53 Å². The number of carbonyl (C=O) groups excluding carboxylic acids is 1. The number of pyridine rings is 1. The summed E-state index contributed by atoms with van der Waals surface area (Å²) in [6.45, 7) is 7.42. The third-order valence-electron chi connectivity index (χ3n) is 5.04. The summed E-state index contributed by atoms with van der Waals surface area (Å²) in [4.78, 5) is 38.0. The third kappa shape index (κ3) is 8.35. The predicted molar refractivity (Wildman–Crippen MR) is 134 cm³/mol. The van der Waals surface area contributed by atoms with Gasteiger partial charge in [0.05, 0.1) is 5.69 Å². The van der Waals surface area contributed by atoms with Crippen molar-refractivity contribution >= 4 is 12.0 Å². The van der Waals surface area contributed by atoms with Gasteiger partial charge in [-0.05, 0) is 57.7 Å². The van der Waals surface area contributed by atoms with E-state index in [9.17, 15) is 9.59 Å². The maximum Gasteiger partial charge on any atom is 0.407 e. The van der Waals surface area contributed by atoms with Crippen molar-refractivity contribution in [3.8, 4) is 11.3 Å². The Bertz CT molecular complexity index is 1090. The van der Waals surface area contributed by atoms with Gasteiger partial charge < -0.3 is 15.0 Å². The van der Waals surface area contributed by atoms with Crippen LogP contribution in [0.1, 0.15) is 39.2 Å². The number of benzene rings is 1. The molecule has 2 heterocycles. The van der Waals surface area contributed by atoms with Crippen LogP contribution in [0.2, 0.25) is 0 Å².